The molecule has 1 nitrogen and oxygen atoms in total. The van der Waals surface area contributed by atoms with Gasteiger partial charge in [-0.3, -0.25) is 0 Å². The van der Waals surface area contributed by atoms with Gasteiger partial charge in [0.25, 0.3) is 0 Å². The molecule has 5 heteroatoms. The summed E-state index contributed by atoms with van der Waals surface area (Å²) in [7, 11) is 0. The minimum absolute atomic E-state index is 0.361. The summed E-state index contributed by atoms with van der Waals surface area (Å²) in [6.45, 7) is 3.12. The highest BCUT2D eigenvalue weighted by atomic mass is 19.3. The van der Waals surface area contributed by atoms with Gasteiger partial charge in [-0.1, -0.05) is 36.9 Å². The second kappa shape index (κ2) is 5.05. The molecule has 1 aliphatic carbocycles. The van der Waals surface area contributed by atoms with Crippen LogP contribution in [0.4, 0.5) is 17.6 Å². The van der Waals surface area contributed by atoms with Crippen molar-refractivity contribution in [3.05, 3.63) is 54.1 Å². The topological polar surface area (TPSA) is 23.8 Å². The molecule has 2 rings (SSSR count). The lowest BCUT2D eigenvalue weighted by atomic mass is 10.2. The molecule has 0 saturated heterocycles. The fraction of sp³-hybridized carbons (Fsp3) is 0.154. The number of hydrogen-bond donors (Lipinski definition) is 0. The number of nitrogens with zero attached hydrogens (tertiary/aromatic N) is 1. The maximum atomic E-state index is 12.4. The highest BCUT2D eigenvalue weighted by Crippen LogP contribution is 2.62. The van der Waals surface area contributed by atoms with Gasteiger partial charge in [0.05, 0.1) is 11.6 Å². The third-order valence-electron chi connectivity index (χ3n) is 2.21. The third kappa shape index (κ3) is 2.59. The standard InChI is InChI=1S/C10H6F4.C3H3N/c11-9(12)8(10(9,13)14)6-7-4-2-1-3-5-7;1-2-3-4/h1-6H;2H,1H2. The van der Waals surface area contributed by atoms with Crippen LogP contribution >= 0.6 is 0 Å². The molecule has 1 fully saturated rings. The molecule has 1 aromatic carbocycles. The Morgan fingerprint density at radius 2 is 1.50 bits per heavy atom. The van der Waals surface area contributed by atoms with E-state index in [1.54, 1.807) is 24.3 Å². The van der Waals surface area contributed by atoms with Crippen molar-refractivity contribution in [3.63, 3.8) is 0 Å². The van der Waals surface area contributed by atoms with Gasteiger partial charge >= 0.3 is 11.8 Å². The largest absolute Gasteiger partial charge is 0.342 e. The third-order valence-corrected chi connectivity index (χ3v) is 2.21. The number of benzene rings is 1. The summed E-state index contributed by atoms with van der Waals surface area (Å²) >= 11 is 0. The second-order valence-corrected chi connectivity index (χ2v) is 3.45. The van der Waals surface area contributed by atoms with Crippen LogP contribution in [0.5, 0.6) is 0 Å². The first-order chi connectivity index (χ1) is 8.37. The molecule has 0 atom stereocenters. The summed E-state index contributed by atoms with van der Waals surface area (Å²) in [6.07, 6.45) is 2.01. The fourth-order valence-corrected chi connectivity index (χ4v) is 1.21. The fourth-order valence-electron chi connectivity index (χ4n) is 1.21. The van der Waals surface area contributed by atoms with Gasteiger partial charge in [0.2, 0.25) is 0 Å². The highest BCUT2D eigenvalue weighted by molar-refractivity contribution is 5.65. The van der Waals surface area contributed by atoms with Gasteiger partial charge in [0.15, 0.2) is 0 Å². The zero-order chi connectivity index (χ0) is 13.8. The molecule has 0 radical (unpaired) electrons. The van der Waals surface area contributed by atoms with Gasteiger partial charge in [-0.2, -0.15) is 22.8 Å². The average molecular weight is 255 g/mol. The molecule has 18 heavy (non-hydrogen) atoms. The zero-order valence-electron chi connectivity index (χ0n) is 9.21. The van der Waals surface area contributed by atoms with Crippen LogP contribution in [0.15, 0.2) is 48.6 Å². The molecule has 0 unspecified atom stereocenters. The molecule has 0 amide bonds. The van der Waals surface area contributed by atoms with E-state index in [1.165, 1.54) is 18.2 Å². The van der Waals surface area contributed by atoms with E-state index in [-0.39, 0.29) is 0 Å². The first-order valence-corrected chi connectivity index (χ1v) is 4.91. The number of alkyl halides is 4. The Bertz CT molecular complexity index is 481. The minimum Gasteiger partial charge on any atom is -0.194 e. The van der Waals surface area contributed by atoms with Gasteiger partial charge in [0, 0.05) is 6.08 Å². The van der Waals surface area contributed by atoms with E-state index in [4.69, 9.17) is 5.26 Å². The van der Waals surface area contributed by atoms with Gasteiger partial charge in [-0.25, -0.2) is 0 Å². The molecule has 0 aliphatic heterocycles. The summed E-state index contributed by atoms with van der Waals surface area (Å²) in [5.41, 5.74) is -0.740. The van der Waals surface area contributed by atoms with Crippen LogP contribution < -0.4 is 0 Å². The molecule has 0 bridgehead atoms. The van der Waals surface area contributed by atoms with Crippen LogP contribution in [-0.4, -0.2) is 11.8 Å². The lowest BCUT2D eigenvalue weighted by molar-refractivity contribution is -0.0278. The lowest BCUT2D eigenvalue weighted by Crippen LogP contribution is -2.02. The number of hydrogen-bond acceptors (Lipinski definition) is 1. The Morgan fingerprint density at radius 1 is 1.06 bits per heavy atom. The number of allylic oxidation sites excluding steroid dienone is 2. The van der Waals surface area contributed by atoms with E-state index in [0.29, 0.717) is 5.56 Å². The number of rotatable bonds is 1. The highest BCUT2D eigenvalue weighted by Gasteiger charge is 2.81. The first kappa shape index (κ1) is 14.0. The summed E-state index contributed by atoms with van der Waals surface area (Å²) < 4.78 is 49.8. The normalized spacial score (nSPS) is 17.8. The van der Waals surface area contributed by atoms with Crippen molar-refractivity contribution in [2.45, 2.75) is 11.8 Å². The Hall–Kier alpha value is -2.09. The molecule has 1 aliphatic rings. The predicted molar refractivity (Wildman–Crippen MR) is 60.1 cm³/mol. The maximum Gasteiger partial charge on any atom is 0.342 e. The minimum atomic E-state index is -3.96. The summed E-state index contributed by atoms with van der Waals surface area (Å²) in [5.74, 6) is -7.91. The van der Waals surface area contributed by atoms with Crippen LogP contribution in [0.1, 0.15) is 5.56 Å². The van der Waals surface area contributed by atoms with Crippen LogP contribution in [0.3, 0.4) is 0 Å². The Kier molecular flexibility index (Phi) is 3.92. The number of nitriles is 1. The van der Waals surface area contributed by atoms with Crippen molar-refractivity contribution in [2.24, 2.45) is 0 Å². The Labute approximate surface area is 102 Å². The monoisotopic (exact) mass is 255 g/mol. The molecule has 0 N–H and O–H groups in total. The summed E-state index contributed by atoms with van der Waals surface area (Å²) in [6, 6.07) is 9.58. The summed E-state index contributed by atoms with van der Waals surface area (Å²) in [4.78, 5) is 0. The molecular weight excluding hydrogens is 246 g/mol. The van der Waals surface area contributed by atoms with Gasteiger partial charge in [-0.05, 0) is 11.6 Å². The van der Waals surface area contributed by atoms with Crippen molar-refractivity contribution in [1.29, 1.82) is 5.26 Å². The molecule has 0 spiro atoms. The molecular formula is C13H9F4N. The molecule has 0 aromatic heterocycles. The van der Waals surface area contributed by atoms with Crippen molar-refractivity contribution in [1.82, 2.24) is 0 Å². The second-order valence-electron chi connectivity index (χ2n) is 3.45. The van der Waals surface area contributed by atoms with Crippen LogP contribution in [0, 0.1) is 11.3 Å². The molecule has 0 heterocycles. The Morgan fingerprint density at radius 3 is 1.83 bits per heavy atom. The van der Waals surface area contributed by atoms with E-state index in [2.05, 4.69) is 6.58 Å². The van der Waals surface area contributed by atoms with Crippen molar-refractivity contribution in [2.75, 3.05) is 0 Å². The smallest absolute Gasteiger partial charge is 0.194 e. The lowest BCUT2D eigenvalue weighted by Gasteiger charge is -1.88. The van der Waals surface area contributed by atoms with E-state index in [1.807, 2.05) is 0 Å². The maximum absolute atomic E-state index is 12.4. The van der Waals surface area contributed by atoms with Crippen LogP contribution in [0.25, 0.3) is 6.08 Å². The molecule has 1 saturated carbocycles. The van der Waals surface area contributed by atoms with Gasteiger partial charge in [0.1, 0.15) is 0 Å². The average Bonchev–Trinajstić information content (AvgIpc) is 2.73. The molecule has 1 aromatic rings. The van der Waals surface area contributed by atoms with E-state index in [0.717, 1.165) is 6.08 Å². The van der Waals surface area contributed by atoms with Crippen LogP contribution in [0.2, 0.25) is 0 Å². The number of halogens is 4. The van der Waals surface area contributed by atoms with Crippen LogP contribution in [-0.2, 0) is 0 Å². The van der Waals surface area contributed by atoms with E-state index < -0.39 is 17.4 Å². The summed E-state index contributed by atoms with van der Waals surface area (Å²) in [5, 5.41) is 7.51. The first-order valence-electron chi connectivity index (χ1n) is 4.91. The Balaban J connectivity index is 0.000000357. The van der Waals surface area contributed by atoms with E-state index in [9.17, 15) is 17.6 Å². The van der Waals surface area contributed by atoms with Crippen molar-refractivity contribution in [3.8, 4) is 6.07 Å². The van der Waals surface area contributed by atoms with Gasteiger partial charge < -0.3 is 0 Å². The zero-order valence-corrected chi connectivity index (χ0v) is 9.21. The van der Waals surface area contributed by atoms with Crippen molar-refractivity contribution >= 4 is 6.08 Å². The quantitative estimate of drug-likeness (QED) is 0.548. The SMILES string of the molecule is C=CC#N.FC1(F)C(=Cc2ccccc2)C1(F)F. The predicted octanol–water partition coefficient (Wildman–Crippen LogP) is 4.05. The molecule has 94 valence electrons. The van der Waals surface area contributed by atoms with Crippen molar-refractivity contribution < 1.29 is 17.6 Å². The van der Waals surface area contributed by atoms with E-state index >= 15 is 0 Å². The van der Waals surface area contributed by atoms with Gasteiger partial charge in [-0.15, -0.1) is 0 Å².